The number of hydrogen-bond acceptors (Lipinski definition) is 3. The van der Waals surface area contributed by atoms with E-state index in [4.69, 9.17) is 4.42 Å². The van der Waals surface area contributed by atoms with E-state index in [-0.39, 0.29) is 11.5 Å². The molecule has 2 atom stereocenters. The average Bonchev–Trinajstić information content (AvgIpc) is 2.86. The molecule has 1 aliphatic heterocycles. The summed E-state index contributed by atoms with van der Waals surface area (Å²) in [5.41, 5.74) is 2.47. The third kappa shape index (κ3) is 1.92. The Kier molecular flexibility index (Phi) is 2.89. The van der Waals surface area contributed by atoms with E-state index in [9.17, 15) is 4.79 Å². The Morgan fingerprint density at radius 3 is 2.52 bits per heavy atom. The summed E-state index contributed by atoms with van der Waals surface area (Å²) >= 11 is 1.78. The minimum atomic E-state index is -0.200. The summed E-state index contributed by atoms with van der Waals surface area (Å²) in [4.78, 5) is 13.6. The van der Waals surface area contributed by atoms with Crippen LogP contribution < -0.4 is 5.63 Å². The molecule has 2 aromatic carbocycles. The minimum absolute atomic E-state index is 0.104. The molecule has 104 valence electrons. The van der Waals surface area contributed by atoms with Crippen LogP contribution >= 0.6 is 11.8 Å². The highest BCUT2D eigenvalue weighted by Crippen LogP contribution is 2.49. The summed E-state index contributed by atoms with van der Waals surface area (Å²) in [6.07, 6.45) is 0. The second kappa shape index (κ2) is 4.78. The Balaban J connectivity index is 2.02. The van der Waals surface area contributed by atoms with Gasteiger partial charge < -0.3 is 4.42 Å². The Morgan fingerprint density at radius 2 is 1.71 bits per heavy atom. The van der Waals surface area contributed by atoms with Crippen LogP contribution in [0.1, 0.15) is 24.0 Å². The van der Waals surface area contributed by atoms with Crippen molar-refractivity contribution in [2.75, 3.05) is 0 Å². The minimum Gasteiger partial charge on any atom is -0.422 e. The molecule has 3 heteroatoms. The number of thioether (sulfide) groups is 1. The van der Waals surface area contributed by atoms with Crippen LogP contribution in [0.4, 0.5) is 0 Å². The van der Waals surface area contributed by atoms with E-state index in [0.29, 0.717) is 10.8 Å². The first kappa shape index (κ1) is 12.7. The molecule has 0 amide bonds. The van der Waals surface area contributed by atoms with E-state index < -0.39 is 0 Å². The summed E-state index contributed by atoms with van der Waals surface area (Å²) in [7, 11) is 0. The molecular formula is C18H14O2S. The maximum Gasteiger partial charge on any atom is 0.341 e. The van der Waals surface area contributed by atoms with Gasteiger partial charge in [0.2, 0.25) is 0 Å². The average molecular weight is 294 g/mol. The standard InChI is InChI=1S/C18H14O2S/c1-11-15(12-7-3-2-4-8-12)16-17(21-11)13-9-5-6-10-14(13)20-18(16)19/h2-11,15H,1H3. The van der Waals surface area contributed by atoms with Gasteiger partial charge in [-0.2, -0.15) is 0 Å². The number of fused-ring (bicyclic) bond motifs is 3. The van der Waals surface area contributed by atoms with Gasteiger partial charge in [-0.05, 0) is 11.6 Å². The number of hydrogen-bond donors (Lipinski definition) is 0. The van der Waals surface area contributed by atoms with Crippen molar-refractivity contribution in [3.8, 4) is 0 Å². The predicted octanol–water partition coefficient (Wildman–Crippen LogP) is 4.42. The van der Waals surface area contributed by atoms with Gasteiger partial charge in [-0.3, -0.25) is 0 Å². The van der Waals surface area contributed by atoms with E-state index in [2.05, 4.69) is 19.1 Å². The summed E-state index contributed by atoms with van der Waals surface area (Å²) in [6.45, 7) is 2.18. The summed E-state index contributed by atoms with van der Waals surface area (Å²) in [5, 5.41) is 1.37. The topological polar surface area (TPSA) is 30.2 Å². The number of benzene rings is 2. The second-order valence-corrected chi connectivity index (χ2v) is 6.73. The quantitative estimate of drug-likeness (QED) is 0.622. The SMILES string of the molecule is CC1Sc2c(c(=O)oc3ccccc23)C1c1ccccc1. The molecule has 0 saturated carbocycles. The third-order valence-corrected chi connectivity index (χ3v) is 5.36. The molecule has 2 heterocycles. The molecule has 0 radical (unpaired) electrons. The molecule has 0 bridgehead atoms. The van der Waals surface area contributed by atoms with Crippen molar-refractivity contribution in [2.45, 2.75) is 23.0 Å². The van der Waals surface area contributed by atoms with Crippen molar-refractivity contribution < 1.29 is 4.42 Å². The van der Waals surface area contributed by atoms with E-state index in [1.807, 2.05) is 42.5 Å². The first-order valence-electron chi connectivity index (χ1n) is 7.03. The molecule has 4 rings (SSSR count). The monoisotopic (exact) mass is 294 g/mol. The molecule has 2 nitrogen and oxygen atoms in total. The Morgan fingerprint density at radius 1 is 1.00 bits per heavy atom. The van der Waals surface area contributed by atoms with Gasteiger partial charge in [-0.15, -0.1) is 11.8 Å². The van der Waals surface area contributed by atoms with Gasteiger partial charge in [0.25, 0.3) is 0 Å². The first-order valence-corrected chi connectivity index (χ1v) is 7.91. The van der Waals surface area contributed by atoms with Crippen molar-refractivity contribution in [2.24, 2.45) is 0 Å². The van der Waals surface area contributed by atoms with Crippen LogP contribution in [0, 0.1) is 0 Å². The normalized spacial score (nSPS) is 20.6. The molecule has 1 aromatic heterocycles. The summed E-state index contributed by atoms with van der Waals surface area (Å²) < 4.78 is 5.54. The second-order valence-electron chi connectivity index (χ2n) is 5.34. The van der Waals surface area contributed by atoms with Gasteiger partial charge in [0.05, 0.1) is 5.56 Å². The van der Waals surface area contributed by atoms with E-state index >= 15 is 0 Å². The zero-order chi connectivity index (χ0) is 14.4. The van der Waals surface area contributed by atoms with Crippen LogP contribution in [0.2, 0.25) is 0 Å². The Hall–Kier alpha value is -2.00. The van der Waals surface area contributed by atoms with Crippen LogP contribution in [-0.2, 0) is 0 Å². The third-order valence-electron chi connectivity index (χ3n) is 4.04. The Bertz CT molecular complexity index is 867. The van der Waals surface area contributed by atoms with Crippen molar-refractivity contribution in [3.05, 3.63) is 76.1 Å². The Labute approximate surface area is 126 Å². The molecule has 0 spiro atoms. The highest BCUT2D eigenvalue weighted by Gasteiger charge is 2.36. The highest BCUT2D eigenvalue weighted by atomic mass is 32.2. The van der Waals surface area contributed by atoms with E-state index in [1.54, 1.807) is 11.8 Å². The smallest absolute Gasteiger partial charge is 0.341 e. The molecule has 0 saturated heterocycles. The largest absolute Gasteiger partial charge is 0.422 e. The number of para-hydroxylation sites is 1. The maximum absolute atomic E-state index is 12.5. The lowest BCUT2D eigenvalue weighted by molar-refractivity contribution is 0.540. The number of rotatable bonds is 1. The molecular weight excluding hydrogens is 280 g/mol. The van der Waals surface area contributed by atoms with Crippen molar-refractivity contribution in [1.29, 1.82) is 0 Å². The van der Waals surface area contributed by atoms with E-state index in [1.165, 1.54) is 5.56 Å². The lowest BCUT2D eigenvalue weighted by atomic mass is 9.90. The lowest BCUT2D eigenvalue weighted by Gasteiger charge is -2.14. The molecule has 2 unspecified atom stereocenters. The fourth-order valence-electron chi connectivity index (χ4n) is 3.12. The van der Waals surface area contributed by atoms with Crippen LogP contribution in [0.25, 0.3) is 11.0 Å². The molecule has 1 aliphatic rings. The maximum atomic E-state index is 12.5. The van der Waals surface area contributed by atoms with Crippen molar-refractivity contribution >= 4 is 22.7 Å². The van der Waals surface area contributed by atoms with Gasteiger partial charge in [-0.25, -0.2) is 4.79 Å². The fourth-order valence-corrected chi connectivity index (χ4v) is 4.55. The summed E-state index contributed by atoms with van der Waals surface area (Å²) in [6, 6.07) is 18.0. The van der Waals surface area contributed by atoms with E-state index in [0.717, 1.165) is 15.8 Å². The van der Waals surface area contributed by atoms with Crippen LogP contribution in [0.5, 0.6) is 0 Å². The highest BCUT2D eigenvalue weighted by molar-refractivity contribution is 8.00. The summed E-state index contributed by atoms with van der Waals surface area (Å²) in [5.74, 6) is 0.104. The van der Waals surface area contributed by atoms with Gasteiger partial charge in [0.15, 0.2) is 0 Å². The van der Waals surface area contributed by atoms with Crippen molar-refractivity contribution in [3.63, 3.8) is 0 Å². The van der Waals surface area contributed by atoms with Gasteiger partial charge in [-0.1, -0.05) is 55.5 Å². The first-order chi connectivity index (χ1) is 10.3. The van der Waals surface area contributed by atoms with Gasteiger partial charge in [0, 0.05) is 21.4 Å². The predicted molar refractivity (Wildman–Crippen MR) is 86.1 cm³/mol. The fraction of sp³-hybridized carbons (Fsp3) is 0.167. The molecule has 0 fully saturated rings. The lowest BCUT2D eigenvalue weighted by Crippen LogP contribution is -2.16. The zero-order valence-corrected chi connectivity index (χ0v) is 12.4. The molecule has 0 aliphatic carbocycles. The van der Waals surface area contributed by atoms with Crippen LogP contribution in [0.3, 0.4) is 0 Å². The van der Waals surface area contributed by atoms with Gasteiger partial charge >= 0.3 is 5.63 Å². The zero-order valence-electron chi connectivity index (χ0n) is 11.6. The van der Waals surface area contributed by atoms with Gasteiger partial charge in [0.1, 0.15) is 5.58 Å². The molecule has 21 heavy (non-hydrogen) atoms. The molecule has 3 aromatic rings. The molecule has 0 N–H and O–H groups in total. The van der Waals surface area contributed by atoms with Crippen LogP contribution in [0.15, 0.2) is 68.7 Å². The van der Waals surface area contributed by atoms with Crippen molar-refractivity contribution in [1.82, 2.24) is 0 Å². The van der Waals surface area contributed by atoms with Crippen LogP contribution in [-0.4, -0.2) is 5.25 Å².